The molecule has 2 saturated heterocycles. The van der Waals surface area contributed by atoms with E-state index in [-0.39, 0.29) is 11.8 Å². The second-order valence-electron chi connectivity index (χ2n) is 9.81. The topological polar surface area (TPSA) is 67.7 Å². The van der Waals surface area contributed by atoms with Gasteiger partial charge in [-0.05, 0) is 62.3 Å². The standard InChI is InChI=1S/C26H35ClN4O3/c1-29-18-21(17-28-29)9-10-24(32)31-14-6-11-26(19-31,16-25(33)30-12-3-2-4-13-30)20-34-23-8-5-7-22(27)15-23/h5,7-8,15,17-18H,2-4,6,9-14,16,19-20H2,1H3/t26-/m1/s1. The fourth-order valence-electron chi connectivity index (χ4n) is 5.11. The minimum atomic E-state index is -0.404. The summed E-state index contributed by atoms with van der Waals surface area (Å²) in [5, 5.41) is 4.81. The van der Waals surface area contributed by atoms with Crippen molar-refractivity contribution in [3.05, 3.63) is 47.2 Å². The van der Waals surface area contributed by atoms with Gasteiger partial charge in [-0.15, -0.1) is 0 Å². The molecular formula is C26H35ClN4O3. The van der Waals surface area contributed by atoms with Crippen LogP contribution in [0.2, 0.25) is 5.02 Å². The van der Waals surface area contributed by atoms with E-state index in [0.29, 0.717) is 43.2 Å². The van der Waals surface area contributed by atoms with Gasteiger partial charge in [0.25, 0.3) is 0 Å². The summed E-state index contributed by atoms with van der Waals surface area (Å²) in [6.07, 6.45) is 10.3. The molecule has 0 spiro atoms. The van der Waals surface area contributed by atoms with Crippen LogP contribution in [0.3, 0.4) is 0 Å². The van der Waals surface area contributed by atoms with E-state index in [1.807, 2.05) is 47.4 Å². The van der Waals surface area contributed by atoms with Gasteiger partial charge in [0, 0.05) is 62.7 Å². The number of halogens is 1. The molecule has 3 heterocycles. The molecule has 0 bridgehead atoms. The molecule has 184 valence electrons. The van der Waals surface area contributed by atoms with Gasteiger partial charge >= 0.3 is 0 Å². The lowest BCUT2D eigenvalue weighted by atomic mass is 9.77. The Morgan fingerprint density at radius 1 is 1.09 bits per heavy atom. The van der Waals surface area contributed by atoms with Crippen LogP contribution in [0, 0.1) is 5.41 Å². The number of benzene rings is 1. The Morgan fingerprint density at radius 2 is 1.88 bits per heavy atom. The Kier molecular flexibility index (Phi) is 8.14. The van der Waals surface area contributed by atoms with Crippen LogP contribution in [0.15, 0.2) is 36.7 Å². The normalized spacial score (nSPS) is 20.9. The lowest BCUT2D eigenvalue weighted by Crippen LogP contribution is -2.51. The summed E-state index contributed by atoms with van der Waals surface area (Å²) in [5.74, 6) is 0.998. The number of carbonyl (C=O) groups is 2. The Hall–Kier alpha value is -2.54. The zero-order valence-electron chi connectivity index (χ0n) is 20.0. The SMILES string of the molecule is Cn1cc(CCC(=O)N2CCC[C@@](COc3cccc(Cl)c3)(CC(=O)N3CCCCC3)C2)cn1. The van der Waals surface area contributed by atoms with Crippen LogP contribution >= 0.6 is 11.6 Å². The van der Waals surface area contributed by atoms with E-state index in [1.165, 1.54) is 6.42 Å². The van der Waals surface area contributed by atoms with Crippen LogP contribution < -0.4 is 4.74 Å². The van der Waals surface area contributed by atoms with Crippen molar-refractivity contribution in [3.63, 3.8) is 0 Å². The van der Waals surface area contributed by atoms with Gasteiger partial charge in [-0.3, -0.25) is 14.3 Å². The van der Waals surface area contributed by atoms with Gasteiger partial charge in [-0.2, -0.15) is 5.10 Å². The number of hydrogen-bond donors (Lipinski definition) is 0. The second kappa shape index (κ2) is 11.3. The number of carbonyl (C=O) groups excluding carboxylic acids is 2. The zero-order chi connectivity index (χ0) is 24.0. The molecule has 2 aliphatic heterocycles. The van der Waals surface area contributed by atoms with Gasteiger partial charge in [0.05, 0.1) is 12.8 Å². The van der Waals surface area contributed by atoms with Gasteiger partial charge in [-0.25, -0.2) is 0 Å². The van der Waals surface area contributed by atoms with Crippen molar-refractivity contribution in [2.24, 2.45) is 12.5 Å². The van der Waals surface area contributed by atoms with Gasteiger partial charge in [0.15, 0.2) is 0 Å². The number of piperidine rings is 2. The summed E-state index contributed by atoms with van der Waals surface area (Å²) in [6.45, 7) is 3.32. The molecule has 34 heavy (non-hydrogen) atoms. The average molecular weight is 487 g/mol. The third kappa shape index (κ3) is 6.53. The Morgan fingerprint density at radius 3 is 2.62 bits per heavy atom. The minimum absolute atomic E-state index is 0.126. The predicted molar refractivity (Wildman–Crippen MR) is 132 cm³/mol. The van der Waals surface area contributed by atoms with Gasteiger partial charge in [-0.1, -0.05) is 17.7 Å². The summed E-state index contributed by atoms with van der Waals surface area (Å²) in [7, 11) is 1.88. The van der Waals surface area contributed by atoms with Crippen molar-refractivity contribution < 1.29 is 14.3 Å². The minimum Gasteiger partial charge on any atom is -0.493 e. The number of amides is 2. The summed E-state index contributed by atoms with van der Waals surface area (Å²) < 4.78 is 7.93. The molecule has 7 nitrogen and oxygen atoms in total. The molecule has 8 heteroatoms. The second-order valence-corrected chi connectivity index (χ2v) is 10.2. The third-order valence-corrected chi connectivity index (χ3v) is 7.21. The van der Waals surface area contributed by atoms with E-state index >= 15 is 0 Å². The molecule has 1 aromatic carbocycles. The van der Waals surface area contributed by atoms with Gasteiger partial charge in [0.2, 0.25) is 11.8 Å². The fourth-order valence-corrected chi connectivity index (χ4v) is 5.29. The van der Waals surface area contributed by atoms with Crippen LogP contribution in [-0.2, 0) is 23.1 Å². The van der Waals surface area contributed by atoms with Crippen LogP contribution in [0.4, 0.5) is 0 Å². The molecule has 4 rings (SSSR count). The highest BCUT2D eigenvalue weighted by molar-refractivity contribution is 6.30. The number of hydrogen-bond acceptors (Lipinski definition) is 4. The van der Waals surface area contributed by atoms with Crippen molar-refractivity contribution in [3.8, 4) is 5.75 Å². The molecule has 0 N–H and O–H groups in total. The maximum atomic E-state index is 13.3. The van der Waals surface area contributed by atoms with Gasteiger partial charge < -0.3 is 14.5 Å². The molecule has 0 aliphatic carbocycles. The van der Waals surface area contributed by atoms with Crippen molar-refractivity contribution in [2.45, 2.75) is 51.4 Å². The highest BCUT2D eigenvalue weighted by Gasteiger charge is 2.41. The first-order chi connectivity index (χ1) is 16.4. The molecule has 2 amide bonds. The molecule has 0 radical (unpaired) electrons. The molecule has 1 atom stereocenters. The fraction of sp³-hybridized carbons (Fsp3) is 0.577. The van der Waals surface area contributed by atoms with Crippen LogP contribution in [0.5, 0.6) is 5.75 Å². The Balaban J connectivity index is 1.44. The quantitative estimate of drug-likeness (QED) is 0.563. The first kappa shape index (κ1) is 24.6. The van der Waals surface area contributed by atoms with E-state index in [2.05, 4.69) is 5.10 Å². The van der Waals surface area contributed by atoms with Crippen molar-refractivity contribution in [1.82, 2.24) is 19.6 Å². The van der Waals surface area contributed by atoms with E-state index in [4.69, 9.17) is 16.3 Å². The van der Waals surface area contributed by atoms with Crippen molar-refractivity contribution in [2.75, 3.05) is 32.8 Å². The molecule has 2 aliphatic rings. The van der Waals surface area contributed by atoms with Gasteiger partial charge in [0.1, 0.15) is 5.75 Å². The number of ether oxygens (including phenoxy) is 1. The predicted octanol–water partition coefficient (Wildman–Crippen LogP) is 4.10. The summed E-state index contributed by atoms with van der Waals surface area (Å²) in [5.41, 5.74) is 0.655. The number of likely N-dealkylation sites (tertiary alicyclic amines) is 2. The number of aryl methyl sites for hydroxylation is 2. The molecular weight excluding hydrogens is 452 g/mol. The summed E-state index contributed by atoms with van der Waals surface area (Å²) in [4.78, 5) is 30.3. The smallest absolute Gasteiger partial charge is 0.223 e. The zero-order valence-corrected chi connectivity index (χ0v) is 20.8. The van der Waals surface area contributed by atoms with Crippen LogP contribution in [-0.4, -0.2) is 64.2 Å². The Bertz CT molecular complexity index is 988. The van der Waals surface area contributed by atoms with Crippen LogP contribution in [0.25, 0.3) is 0 Å². The Labute approximate surface area is 207 Å². The monoisotopic (exact) mass is 486 g/mol. The third-order valence-electron chi connectivity index (χ3n) is 6.98. The lowest BCUT2D eigenvalue weighted by molar-refractivity contribution is -0.142. The molecule has 0 saturated carbocycles. The largest absolute Gasteiger partial charge is 0.493 e. The lowest BCUT2D eigenvalue weighted by Gasteiger charge is -2.43. The highest BCUT2D eigenvalue weighted by atomic mass is 35.5. The first-order valence-electron chi connectivity index (χ1n) is 12.3. The molecule has 2 aromatic rings. The van der Waals surface area contributed by atoms with Crippen molar-refractivity contribution >= 4 is 23.4 Å². The van der Waals surface area contributed by atoms with E-state index in [9.17, 15) is 9.59 Å². The number of nitrogens with zero attached hydrogens (tertiary/aromatic N) is 4. The molecule has 2 fully saturated rings. The van der Waals surface area contributed by atoms with E-state index < -0.39 is 5.41 Å². The molecule has 1 aromatic heterocycles. The first-order valence-corrected chi connectivity index (χ1v) is 12.7. The summed E-state index contributed by atoms with van der Waals surface area (Å²) in [6, 6.07) is 7.35. The maximum absolute atomic E-state index is 13.3. The van der Waals surface area contributed by atoms with E-state index in [1.54, 1.807) is 10.7 Å². The molecule has 0 unspecified atom stereocenters. The van der Waals surface area contributed by atoms with Crippen LogP contribution in [0.1, 0.15) is 50.5 Å². The number of rotatable bonds is 8. The number of aromatic nitrogens is 2. The summed E-state index contributed by atoms with van der Waals surface area (Å²) >= 11 is 6.14. The van der Waals surface area contributed by atoms with Crippen molar-refractivity contribution in [1.29, 1.82) is 0 Å². The maximum Gasteiger partial charge on any atom is 0.223 e. The average Bonchev–Trinajstić information content (AvgIpc) is 3.27. The highest BCUT2D eigenvalue weighted by Crippen LogP contribution is 2.36. The van der Waals surface area contributed by atoms with E-state index in [0.717, 1.165) is 50.9 Å².